The maximum atomic E-state index is 13.0. The Kier molecular flexibility index (Phi) is 4.94. The van der Waals surface area contributed by atoms with Gasteiger partial charge in [-0.1, -0.05) is 30.0 Å². The number of nitrogens with zero attached hydrogens (tertiary/aromatic N) is 5. The minimum atomic E-state index is -0.243. The number of carbonyl (C=O) groups is 1. The molecule has 0 saturated carbocycles. The van der Waals surface area contributed by atoms with Gasteiger partial charge in [-0.3, -0.25) is 9.78 Å². The average Bonchev–Trinajstić information content (AvgIpc) is 3.32. The van der Waals surface area contributed by atoms with E-state index in [9.17, 15) is 4.79 Å². The van der Waals surface area contributed by atoms with Crippen molar-refractivity contribution in [1.82, 2.24) is 19.7 Å². The monoisotopic (exact) mass is 379 g/mol. The van der Waals surface area contributed by atoms with Crippen molar-refractivity contribution in [3.63, 3.8) is 0 Å². The first-order chi connectivity index (χ1) is 13.2. The number of aromatic nitrogens is 4. The van der Waals surface area contributed by atoms with Crippen molar-refractivity contribution in [3.05, 3.63) is 54.4 Å². The first kappa shape index (κ1) is 17.7. The van der Waals surface area contributed by atoms with E-state index in [0.29, 0.717) is 0 Å². The number of benzene rings is 1. The van der Waals surface area contributed by atoms with Crippen molar-refractivity contribution in [2.75, 3.05) is 11.4 Å². The molecule has 0 fully saturated rings. The van der Waals surface area contributed by atoms with Crippen LogP contribution in [0.3, 0.4) is 0 Å². The molecule has 1 aliphatic rings. The molecule has 0 bridgehead atoms. The van der Waals surface area contributed by atoms with E-state index in [1.807, 2.05) is 46.7 Å². The van der Waals surface area contributed by atoms with Crippen molar-refractivity contribution in [2.24, 2.45) is 0 Å². The van der Waals surface area contributed by atoms with Crippen LogP contribution in [0.5, 0.6) is 0 Å². The van der Waals surface area contributed by atoms with Gasteiger partial charge in [-0.25, -0.2) is 0 Å². The zero-order chi connectivity index (χ0) is 18.8. The molecule has 3 heterocycles. The molecule has 1 amide bonds. The molecule has 1 aromatic carbocycles. The summed E-state index contributed by atoms with van der Waals surface area (Å²) in [5, 5.41) is 9.18. The zero-order valence-electron chi connectivity index (χ0n) is 15.4. The van der Waals surface area contributed by atoms with E-state index in [4.69, 9.17) is 0 Å². The van der Waals surface area contributed by atoms with E-state index >= 15 is 0 Å². The molecular formula is C20H21N5OS. The van der Waals surface area contributed by atoms with Crippen LogP contribution in [-0.4, -0.2) is 37.5 Å². The van der Waals surface area contributed by atoms with Gasteiger partial charge >= 0.3 is 0 Å². The average molecular weight is 379 g/mol. The van der Waals surface area contributed by atoms with Crippen LogP contribution in [0.15, 0.2) is 53.9 Å². The van der Waals surface area contributed by atoms with E-state index in [0.717, 1.165) is 41.7 Å². The number of rotatable bonds is 5. The summed E-state index contributed by atoms with van der Waals surface area (Å²) in [6.07, 6.45) is 4.43. The molecule has 0 N–H and O–H groups in total. The van der Waals surface area contributed by atoms with Crippen LogP contribution in [0.25, 0.3) is 11.4 Å². The number of fused-ring (bicyclic) bond motifs is 1. The molecule has 0 radical (unpaired) electrons. The van der Waals surface area contributed by atoms with Crippen molar-refractivity contribution in [3.8, 4) is 11.4 Å². The smallest absolute Gasteiger partial charge is 0.240 e. The van der Waals surface area contributed by atoms with Crippen molar-refractivity contribution < 1.29 is 4.79 Å². The molecule has 27 heavy (non-hydrogen) atoms. The molecule has 4 rings (SSSR count). The summed E-state index contributed by atoms with van der Waals surface area (Å²) in [6.45, 7) is 5.46. The number of thioether (sulfide) groups is 1. The van der Waals surface area contributed by atoms with Crippen molar-refractivity contribution in [1.29, 1.82) is 0 Å². The number of pyridine rings is 1. The third-order valence-electron chi connectivity index (χ3n) is 4.74. The van der Waals surface area contributed by atoms with Crippen LogP contribution in [0.1, 0.15) is 19.4 Å². The fraction of sp³-hybridized carbons (Fsp3) is 0.300. The Balaban J connectivity index is 1.54. The van der Waals surface area contributed by atoms with Gasteiger partial charge in [0.1, 0.15) is 0 Å². The molecule has 0 aliphatic carbocycles. The standard InChI is InChI=1S/C20H21N5OS/c1-3-24-18(16-8-6-11-21-13-16)22-23-20(24)27-14(2)19(26)25-12-10-15-7-4-5-9-17(15)25/h4-9,11,13-14H,3,10,12H2,1-2H3/t14-/m1/s1. The molecule has 1 aliphatic heterocycles. The van der Waals surface area contributed by atoms with Gasteiger partial charge in [0, 0.05) is 36.7 Å². The minimum absolute atomic E-state index is 0.110. The summed E-state index contributed by atoms with van der Waals surface area (Å²) in [4.78, 5) is 19.1. The minimum Gasteiger partial charge on any atom is -0.311 e. The Morgan fingerprint density at radius 1 is 1.22 bits per heavy atom. The van der Waals surface area contributed by atoms with Gasteiger partial charge in [0.2, 0.25) is 5.91 Å². The van der Waals surface area contributed by atoms with E-state index in [1.54, 1.807) is 12.4 Å². The Morgan fingerprint density at radius 3 is 2.85 bits per heavy atom. The maximum Gasteiger partial charge on any atom is 0.240 e. The molecule has 1 atom stereocenters. The second-order valence-corrected chi connectivity index (χ2v) is 7.73. The molecule has 0 spiro atoms. The number of amides is 1. The molecule has 0 saturated heterocycles. The SMILES string of the molecule is CCn1c(S[C@H](C)C(=O)N2CCc3ccccc32)nnc1-c1cccnc1. The first-order valence-corrected chi connectivity index (χ1v) is 9.96. The topological polar surface area (TPSA) is 63.9 Å². The van der Waals surface area contributed by atoms with Crippen LogP contribution in [0.2, 0.25) is 0 Å². The van der Waals surface area contributed by atoms with Crippen LogP contribution >= 0.6 is 11.8 Å². The summed E-state index contributed by atoms with van der Waals surface area (Å²) >= 11 is 1.46. The van der Waals surface area contributed by atoms with Gasteiger partial charge in [0.25, 0.3) is 0 Å². The van der Waals surface area contributed by atoms with Gasteiger partial charge in [-0.2, -0.15) is 0 Å². The molecule has 3 aromatic rings. The third kappa shape index (κ3) is 3.35. The van der Waals surface area contributed by atoms with E-state index in [2.05, 4.69) is 28.2 Å². The molecule has 138 valence electrons. The lowest BCUT2D eigenvalue weighted by Gasteiger charge is -2.21. The highest BCUT2D eigenvalue weighted by Gasteiger charge is 2.29. The van der Waals surface area contributed by atoms with E-state index in [-0.39, 0.29) is 11.2 Å². The summed E-state index contributed by atoms with van der Waals surface area (Å²) in [5.74, 6) is 0.887. The van der Waals surface area contributed by atoms with Gasteiger partial charge in [0.15, 0.2) is 11.0 Å². The fourth-order valence-corrected chi connectivity index (χ4v) is 4.34. The highest BCUT2D eigenvalue weighted by atomic mass is 32.2. The highest BCUT2D eigenvalue weighted by molar-refractivity contribution is 8.00. The van der Waals surface area contributed by atoms with E-state index < -0.39 is 0 Å². The molecule has 2 aromatic heterocycles. The van der Waals surface area contributed by atoms with Crippen LogP contribution in [0, 0.1) is 0 Å². The number of hydrogen-bond acceptors (Lipinski definition) is 5. The van der Waals surface area contributed by atoms with Crippen LogP contribution in [-0.2, 0) is 17.8 Å². The van der Waals surface area contributed by atoms with Crippen LogP contribution in [0.4, 0.5) is 5.69 Å². The fourth-order valence-electron chi connectivity index (χ4n) is 3.36. The molecular weight excluding hydrogens is 358 g/mol. The van der Waals surface area contributed by atoms with Gasteiger partial charge < -0.3 is 9.47 Å². The van der Waals surface area contributed by atoms with Crippen molar-refractivity contribution in [2.45, 2.75) is 37.2 Å². The number of para-hydroxylation sites is 1. The van der Waals surface area contributed by atoms with E-state index in [1.165, 1.54) is 17.3 Å². The summed E-state index contributed by atoms with van der Waals surface area (Å²) in [7, 11) is 0. The Bertz CT molecular complexity index is 956. The van der Waals surface area contributed by atoms with Crippen LogP contribution < -0.4 is 4.90 Å². The first-order valence-electron chi connectivity index (χ1n) is 9.08. The predicted molar refractivity (Wildman–Crippen MR) is 107 cm³/mol. The van der Waals surface area contributed by atoms with Gasteiger partial charge in [-0.05, 0) is 44.0 Å². The second-order valence-electron chi connectivity index (χ2n) is 6.42. The molecule has 0 unspecified atom stereocenters. The quantitative estimate of drug-likeness (QED) is 0.636. The lowest BCUT2D eigenvalue weighted by molar-refractivity contribution is -0.117. The second kappa shape index (κ2) is 7.52. The molecule has 6 nitrogen and oxygen atoms in total. The summed E-state index contributed by atoms with van der Waals surface area (Å²) < 4.78 is 2.03. The summed E-state index contributed by atoms with van der Waals surface area (Å²) in [6, 6.07) is 12.0. The Hall–Kier alpha value is -2.67. The third-order valence-corrected chi connectivity index (χ3v) is 5.80. The highest BCUT2D eigenvalue weighted by Crippen LogP contribution is 2.32. The van der Waals surface area contributed by atoms with Crippen molar-refractivity contribution >= 4 is 23.4 Å². The maximum absolute atomic E-state index is 13.0. The summed E-state index contributed by atoms with van der Waals surface area (Å²) in [5.41, 5.74) is 3.19. The Morgan fingerprint density at radius 2 is 2.07 bits per heavy atom. The zero-order valence-corrected chi connectivity index (χ0v) is 16.2. The lowest BCUT2D eigenvalue weighted by Crippen LogP contribution is -2.35. The number of carbonyl (C=O) groups excluding carboxylic acids is 1. The number of hydrogen-bond donors (Lipinski definition) is 0. The lowest BCUT2D eigenvalue weighted by atomic mass is 10.2. The largest absolute Gasteiger partial charge is 0.311 e. The number of anilines is 1. The van der Waals surface area contributed by atoms with Gasteiger partial charge in [-0.15, -0.1) is 10.2 Å². The normalized spacial score (nSPS) is 14.2. The Labute approximate surface area is 162 Å². The predicted octanol–water partition coefficient (Wildman–Crippen LogP) is 3.43. The van der Waals surface area contributed by atoms with Gasteiger partial charge in [0.05, 0.1) is 5.25 Å². The molecule has 7 heteroatoms.